The molecule has 0 spiro atoms. The Hall–Kier alpha value is -0.820. The number of halogens is 6. The number of hydrogen-bond acceptors (Lipinski definition) is 0. The molecule has 2 rings (SSSR count). The Labute approximate surface area is 125 Å². The van der Waals surface area contributed by atoms with Gasteiger partial charge in [0.05, 0.1) is 5.56 Å². The summed E-state index contributed by atoms with van der Waals surface area (Å²) in [4.78, 5) is 0. The van der Waals surface area contributed by atoms with E-state index in [9.17, 15) is 17.6 Å². The van der Waals surface area contributed by atoms with E-state index < -0.39 is 17.6 Å². The Morgan fingerprint density at radius 2 is 1.63 bits per heavy atom. The topological polar surface area (TPSA) is 0 Å². The third-order valence-corrected chi connectivity index (χ3v) is 3.69. The summed E-state index contributed by atoms with van der Waals surface area (Å²) >= 11 is 7.62. The molecule has 0 bridgehead atoms. The van der Waals surface area contributed by atoms with Gasteiger partial charge in [0.25, 0.3) is 0 Å². The second kappa shape index (κ2) is 5.28. The van der Waals surface area contributed by atoms with Crippen molar-refractivity contribution in [2.24, 2.45) is 0 Å². The highest BCUT2D eigenvalue weighted by Gasteiger charge is 2.31. The Morgan fingerprint density at radius 1 is 0.947 bits per heavy atom. The number of hydrogen-bond donors (Lipinski definition) is 0. The van der Waals surface area contributed by atoms with Crippen LogP contribution in [0.2, 0.25) is 5.02 Å². The lowest BCUT2D eigenvalue weighted by Gasteiger charge is -2.11. The van der Waals surface area contributed by atoms with Crippen LogP contribution < -0.4 is 0 Å². The molecule has 0 atom stereocenters. The summed E-state index contributed by atoms with van der Waals surface area (Å²) in [5.74, 6) is -0.610. The van der Waals surface area contributed by atoms with Gasteiger partial charge in [-0.3, -0.25) is 0 Å². The minimum Gasteiger partial charge on any atom is -0.206 e. The molecule has 0 saturated heterocycles. The van der Waals surface area contributed by atoms with Crippen LogP contribution in [0.1, 0.15) is 5.56 Å². The molecular formula is C13H6ClF4I. The fourth-order valence-electron chi connectivity index (χ4n) is 1.61. The van der Waals surface area contributed by atoms with Crippen molar-refractivity contribution in [2.75, 3.05) is 0 Å². The maximum absolute atomic E-state index is 13.7. The SMILES string of the molecule is Fc1ccc(Cl)cc1-c1cc(C(F)(F)F)ccc1I. The quantitative estimate of drug-likeness (QED) is 0.421. The van der Waals surface area contributed by atoms with Gasteiger partial charge in [-0.1, -0.05) is 11.6 Å². The van der Waals surface area contributed by atoms with E-state index in [4.69, 9.17) is 11.6 Å². The van der Waals surface area contributed by atoms with E-state index in [1.807, 2.05) is 22.6 Å². The van der Waals surface area contributed by atoms with Crippen LogP contribution in [0.3, 0.4) is 0 Å². The molecule has 19 heavy (non-hydrogen) atoms. The zero-order chi connectivity index (χ0) is 14.2. The van der Waals surface area contributed by atoms with E-state index in [0.717, 1.165) is 18.2 Å². The van der Waals surface area contributed by atoms with Gasteiger partial charge in [-0.2, -0.15) is 13.2 Å². The monoisotopic (exact) mass is 400 g/mol. The lowest BCUT2D eigenvalue weighted by Crippen LogP contribution is -2.05. The molecule has 0 radical (unpaired) electrons. The van der Waals surface area contributed by atoms with E-state index in [2.05, 4.69) is 0 Å². The van der Waals surface area contributed by atoms with Crippen molar-refractivity contribution in [2.45, 2.75) is 6.18 Å². The summed E-state index contributed by atoms with van der Waals surface area (Å²) in [5, 5.41) is 0.268. The summed E-state index contributed by atoms with van der Waals surface area (Å²) in [5.41, 5.74) is -0.583. The fourth-order valence-corrected chi connectivity index (χ4v) is 2.41. The van der Waals surface area contributed by atoms with Crippen molar-refractivity contribution >= 4 is 34.2 Å². The molecule has 0 aromatic heterocycles. The highest BCUT2D eigenvalue weighted by atomic mass is 127. The van der Waals surface area contributed by atoms with Crippen LogP contribution in [0.4, 0.5) is 17.6 Å². The first kappa shape index (κ1) is 14.6. The van der Waals surface area contributed by atoms with E-state index >= 15 is 0 Å². The summed E-state index contributed by atoms with van der Waals surface area (Å²) in [6, 6.07) is 6.99. The highest BCUT2D eigenvalue weighted by Crippen LogP contribution is 2.36. The minimum atomic E-state index is -4.46. The van der Waals surface area contributed by atoms with Crippen molar-refractivity contribution in [1.82, 2.24) is 0 Å². The smallest absolute Gasteiger partial charge is 0.206 e. The minimum absolute atomic E-state index is 0.0583. The zero-order valence-corrected chi connectivity index (χ0v) is 12.1. The number of rotatable bonds is 1. The van der Waals surface area contributed by atoms with Crippen LogP contribution in [0.5, 0.6) is 0 Å². The molecule has 100 valence electrons. The fraction of sp³-hybridized carbons (Fsp3) is 0.0769. The van der Waals surface area contributed by atoms with Gasteiger partial charge in [-0.15, -0.1) is 0 Å². The molecule has 0 saturated carbocycles. The highest BCUT2D eigenvalue weighted by molar-refractivity contribution is 14.1. The molecule has 0 heterocycles. The first-order valence-electron chi connectivity index (χ1n) is 5.11. The summed E-state index contributed by atoms with van der Waals surface area (Å²) in [6.45, 7) is 0. The lowest BCUT2D eigenvalue weighted by atomic mass is 10.0. The van der Waals surface area contributed by atoms with Crippen molar-refractivity contribution < 1.29 is 17.6 Å². The molecule has 6 heteroatoms. The molecule has 2 aromatic rings. The largest absolute Gasteiger partial charge is 0.416 e. The average molecular weight is 401 g/mol. The number of benzene rings is 2. The van der Waals surface area contributed by atoms with Gasteiger partial charge in [-0.25, -0.2) is 4.39 Å². The Balaban J connectivity index is 2.64. The van der Waals surface area contributed by atoms with Crippen LogP contribution in [-0.2, 0) is 6.18 Å². The van der Waals surface area contributed by atoms with Crippen LogP contribution in [0.25, 0.3) is 11.1 Å². The predicted molar refractivity (Wildman–Crippen MR) is 74.6 cm³/mol. The Kier molecular flexibility index (Phi) is 4.06. The van der Waals surface area contributed by atoms with Crippen LogP contribution in [0.15, 0.2) is 36.4 Å². The normalized spacial score (nSPS) is 11.7. The Morgan fingerprint density at radius 3 is 2.26 bits per heavy atom. The summed E-state index contributed by atoms with van der Waals surface area (Å²) in [6.07, 6.45) is -4.46. The molecule has 0 nitrogen and oxygen atoms in total. The van der Waals surface area contributed by atoms with Crippen molar-refractivity contribution in [1.29, 1.82) is 0 Å². The maximum Gasteiger partial charge on any atom is 0.416 e. The van der Waals surface area contributed by atoms with Crippen LogP contribution >= 0.6 is 34.2 Å². The average Bonchev–Trinajstić information content (AvgIpc) is 2.32. The molecule has 2 aromatic carbocycles. The maximum atomic E-state index is 13.7. The van der Waals surface area contributed by atoms with Gasteiger partial charge in [0.1, 0.15) is 5.82 Å². The van der Waals surface area contributed by atoms with E-state index in [1.165, 1.54) is 18.2 Å². The predicted octanol–water partition coefficient (Wildman–Crippen LogP) is 5.77. The van der Waals surface area contributed by atoms with Gasteiger partial charge in [-0.05, 0) is 64.6 Å². The van der Waals surface area contributed by atoms with Crippen LogP contribution in [0, 0.1) is 9.39 Å². The second-order valence-corrected chi connectivity index (χ2v) is 5.42. The molecule has 0 aliphatic carbocycles. The van der Waals surface area contributed by atoms with E-state index in [1.54, 1.807) is 0 Å². The van der Waals surface area contributed by atoms with Gasteiger partial charge < -0.3 is 0 Å². The first-order chi connectivity index (χ1) is 8.79. The van der Waals surface area contributed by atoms with Gasteiger partial charge in [0.2, 0.25) is 0 Å². The molecular weight excluding hydrogens is 394 g/mol. The standard InChI is InChI=1S/C13H6ClF4I/c14-8-2-3-11(15)9(6-8)10-5-7(13(16,17)18)1-4-12(10)19/h1-6H. The molecule has 0 amide bonds. The molecule has 0 unspecified atom stereocenters. The van der Waals surface area contributed by atoms with Crippen molar-refractivity contribution in [3.63, 3.8) is 0 Å². The van der Waals surface area contributed by atoms with Crippen molar-refractivity contribution in [3.05, 3.63) is 56.4 Å². The van der Waals surface area contributed by atoms with Gasteiger partial charge in [0.15, 0.2) is 0 Å². The first-order valence-corrected chi connectivity index (χ1v) is 6.57. The van der Waals surface area contributed by atoms with Gasteiger partial charge in [0, 0.05) is 14.2 Å². The molecule has 0 aliphatic rings. The van der Waals surface area contributed by atoms with Crippen LogP contribution in [-0.4, -0.2) is 0 Å². The lowest BCUT2D eigenvalue weighted by molar-refractivity contribution is -0.137. The molecule has 0 N–H and O–H groups in total. The molecule has 0 aliphatic heterocycles. The van der Waals surface area contributed by atoms with Gasteiger partial charge >= 0.3 is 6.18 Å². The van der Waals surface area contributed by atoms with E-state index in [-0.39, 0.29) is 16.1 Å². The van der Waals surface area contributed by atoms with E-state index in [0.29, 0.717) is 3.57 Å². The van der Waals surface area contributed by atoms with Crippen molar-refractivity contribution in [3.8, 4) is 11.1 Å². The second-order valence-electron chi connectivity index (χ2n) is 3.82. The molecule has 0 fully saturated rings. The number of alkyl halides is 3. The third-order valence-electron chi connectivity index (χ3n) is 2.51. The third kappa shape index (κ3) is 3.20. The zero-order valence-electron chi connectivity index (χ0n) is 9.23. The summed E-state index contributed by atoms with van der Waals surface area (Å²) < 4.78 is 52.3. The Bertz CT molecular complexity index is 623. The summed E-state index contributed by atoms with van der Waals surface area (Å²) in [7, 11) is 0.